The number of carbonyl (C=O) groups is 2. The molecule has 2 aromatic carbocycles. The Kier molecular flexibility index (Phi) is 8.80. The molecule has 4 heterocycles. The third-order valence-corrected chi connectivity index (χ3v) is 11.1. The summed E-state index contributed by atoms with van der Waals surface area (Å²) in [7, 11) is -2.28. The van der Waals surface area contributed by atoms with Crippen LogP contribution in [0.5, 0.6) is 0 Å². The Hall–Kier alpha value is -3.29. The van der Waals surface area contributed by atoms with Crippen molar-refractivity contribution >= 4 is 49.9 Å². The summed E-state index contributed by atoms with van der Waals surface area (Å²) in [5.74, 6) is -0.749. The van der Waals surface area contributed by atoms with E-state index in [1.807, 2.05) is 24.2 Å². The maximum atomic E-state index is 14.0. The fourth-order valence-electron chi connectivity index (χ4n) is 6.52. The van der Waals surface area contributed by atoms with Gasteiger partial charge in [0.2, 0.25) is 15.9 Å². The quantitative estimate of drug-likeness (QED) is 0.437. The lowest BCUT2D eigenvalue weighted by molar-refractivity contribution is -0.174. The molecule has 0 saturated carbocycles. The molecule has 3 aliphatic heterocycles. The molecule has 0 spiro atoms. The van der Waals surface area contributed by atoms with Crippen molar-refractivity contribution in [2.45, 2.75) is 48.8 Å². The highest BCUT2D eigenvalue weighted by atomic mass is 35.5. The van der Waals surface area contributed by atoms with Crippen LogP contribution < -0.4 is 4.90 Å². The number of piperidine rings is 2. The van der Waals surface area contributed by atoms with Gasteiger partial charge in [-0.1, -0.05) is 23.7 Å². The molecule has 3 fully saturated rings. The van der Waals surface area contributed by atoms with Crippen molar-refractivity contribution in [3.63, 3.8) is 0 Å². The van der Waals surface area contributed by atoms with Crippen molar-refractivity contribution in [2.75, 3.05) is 51.2 Å². The molecule has 1 atom stereocenters. The third-order valence-electron chi connectivity index (χ3n) is 9.07. The fraction of sp³-hybridized carbons (Fsp3) is 0.452. The minimum absolute atomic E-state index is 0.00835. The summed E-state index contributed by atoms with van der Waals surface area (Å²) in [6, 6.07) is 12.9. The second-order valence-corrected chi connectivity index (χ2v) is 14.1. The molecule has 3 saturated heterocycles. The predicted molar refractivity (Wildman–Crippen MR) is 167 cm³/mol. The van der Waals surface area contributed by atoms with Crippen molar-refractivity contribution < 1.29 is 23.1 Å². The summed E-state index contributed by atoms with van der Waals surface area (Å²) in [6.07, 6.45) is 5.48. The van der Waals surface area contributed by atoms with Gasteiger partial charge in [0.05, 0.1) is 17.5 Å². The number of nitrogens with zero attached hydrogens (tertiary/aromatic N) is 6. The first-order valence-corrected chi connectivity index (χ1v) is 16.8. The maximum Gasteiger partial charge on any atom is 0.252 e. The molecule has 0 radical (unpaired) electrons. The molecule has 1 unspecified atom stereocenters. The molecule has 11 nitrogen and oxygen atoms in total. The van der Waals surface area contributed by atoms with E-state index in [4.69, 9.17) is 11.6 Å². The van der Waals surface area contributed by atoms with Crippen LogP contribution in [0, 0.1) is 0 Å². The number of benzene rings is 2. The number of aliphatic hydroxyl groups excluding tert-OH is 1. The zero-order valence-corrected chi connectivity index (χ0v) is 26.2. The Morgan fingerprint density at radius 1 is 0.955 bits per heavy atom. The number of hydrazine groups is 1. The summed E-state index contributed by atoms with van der Waals surface area (Å²) in [5, 5.41) is 15.4. The summed E-state index contributed by atoms with van der Waals surface area (Å²) in [5.41, 5.74) is 1.09. The number of anilines is 1. The van der Waals surface area contributed by atoms with Crippen LogP contribution in [0.25, 0.3) is 10.8 Å². The summed E-state index contributed by atoms with van der Waals surface area (Å²) in [4.78, 5) is 36.0. The first-order chi connectivity index (χ1) is 21.1. The van der Waals surface area contributed by atoms with Gasteiger partial charge in [0.1, 0.15) is 6.04 Å². The number of likely N-dealkylation sites (tertiary alicyclic amines) is 1. The van der Waals surface area contributed by atoms with Gasteiger partial charge in [-0.2, -0.15) is 4.31 Å². The van der Waals surface area contributed by atoms with Crippen molar-refractivity contribution in [2.24, 2.45) is 0 Å². The number of hydrogen-bond acceptors (Lipinski definition) is 8. The van der Waals surface area contributed by atoms with Gasteiger partial charge < -0.3 is 14.9 Å². The van der Waals surface area contributed by atoms with Crippen LogP contribution in [-0.4, -0.2) is 114 Å². The number of carbonyl (C=O) groups excluding carboxylic acids is 2. The molecule has 0 aliphatic carbocycles. The highest BCUT2D eigenvalue weighted by Gasteiger charge is 2.46. The molecule has 3 aromatic rings. The molecule has 1 N–H and O–H groups in total. The lowest BCUT2D eigenvalue weighted by Gasteiger charge is -2.49. The zero-order chi connectivity index (χ0) is 31.0. The Bertz CT molecular complexity index is 1630. The highest BCUT2D eigenvalue weighted by Crippen LogP contribution is 2.29. The molecular weight excluding hydrogens is 604 g/mol. The van der Waals surface area contributed by atoms with Gasteiger partial charge in [-0.05, 0) is 72.9 Å². The van der Waals surface area contributed by atoms with Gasteiger partial charge in [0.15, 0.2) is 0 Å². The molecule has 6 rings (SSSR count). The SMILES string of the molecule is CN(C1CCN(c2ccncc2)CC1)N1C(=O)CN(S(=O)(=O)c2ccc3cc(Cl)ccc3c2)CC1C(=O)N1CCC(O)CC1. The van der Waals surface area contributed by atoms with Crippen LogP contribution in [0.15, 0.2) is 65.8 Å². The van der Waals surface area contributed by atoms with Crippen molar-refractivity contribution in [1.82, 2.24) is 24.2 Å². The number of pyridine rings is 1. The van der Waals surface area contributed by atoms with Gasteiger partial charge >= 0.3 is 0 Å². The highest BCUT2D eigenvalue weighted by molar-refractivity contribution is 7.89. The molecule has 2 amide bonds. The number of halogens is 1. The van der Waals surface area contributed by atoms with E-state index in [-0.39, 0.29) is 29.9 Å². The topological polar surface area (TPSA) is 118 Å². The zero-order valence-electron chi connectivity index (χ0n) is 24.6. The van der Waals surface area contributed by atoms with Crippen LogP contribution in [0.4, 0.5) is 5.69 Å². The largest absolute Gasteiger partial charge is 0.393 e. The second-order valence-electron chi connectivity index (χ2n) is 11.8. The molecule has 234 valence electrons. The van der Waals surface area contributed by atoms with Gasteiger partial charge in [0, 0.05) is 68.9 Å². The maximum absolute atomic E-state index is 14.0. The summed E-state index contributed by atoms with van der Waals surface area (Å²) >= 11 is 6.11. The predicted octanol–water partition coefficient (Wildman–Crippen LogP) is 2.59. The molecule has 0 bridgehead atoms. The lowest BCUT2D eigenvalue weighted by atomic mass is 10.0. The van der Waals surface area contributed by atoms with E-state index in [9.17, 15) is 23.1 Å². The minimum Gasteiger partial charge on any atom is -0.393 e. The van der Waals surface area contributed by atoms with E-state index < -0.39 is 28.1 Å². The normalized spacial score (nSPS) is 21.4. The number of aliphatic hydroxyl groups is 1. The third kappa shape index (κ3) is 6.14. The molecule has 3 aliphatic rings. The number of amides is 2. The Balaban J connectivity index is 1.25. The standard InChI is InChI=1S/C31H37ClN6O5S/c1-34(25-8-14-35(15-9-25)26-6-12-33-13-7-26)38-29(31(41)36-16-10-27(39)11-17-36)20-37(21-30(38)40)44(42,43)28-5-3-22-18-24(32)4-2-23(22)19-28/h2-7,12-13,18-19,25,27,29,39H,8-11,14-17,20-21H2,1H3. The van der Waals surface area contributed by atoms with Crippen LogP contribution in [0.3, 0.4) is 0 Å². The first kappa shape index (κ1) is 30.7. The van der Waals surface area contributed by atoms with E-state index >= 15 is 0 Å². The molecule has 1 aromatic heterocycles. The van der Waals surface area contributed by atoms with Crippen molar-refractivity contribution in [3.05, 3.63) is 65.9 Å². The molecular formula is C31H37ClN6O5S. The smallest absolute Gasteiger partial charge is 0.252 e. The van der Waals surface area contributed by atoms with Gasteiger partial charge in [-0.15, -0.1) is 0 Å². The van der Waals surface area contributed by atoms with Crippen LogP contribution in [0.1, 0.15) is 25.7 Å². The van der Waals surface area contributed by atoms with Gasteiger partial charge in [0.25, 0.3) is 5.91 Å². The Morgan fingerprint density at radius 2 is 1.61 bits per heavy atom. The average Bonchev–Trinajstić information content (AvgIpc) is 3.04. The number of fused-ring (bicyclic) bond motifs is 1. The minimum atomic E-state index is -4.10. The number of rotatable bonds is 6. The lowest BCUT2D eigenvalue weighted by Crippen LogP contribution is -2.68. The van der Waals surface area contributed by atoms with E-state index in [1.165, 1.54) is 11.1 Å². The molecule has 44 heavy (non-hydrogen) atoms. The second kappa shape index (κ2) is 12.6. The summed E-state index contributed by atoms with van der Waals surface area (Å²) < 4.78 is 29.0. The molecule has 13 heteroatoms. The number of hydrogen-bond donors (Lipinski definition) is 1. The fourth-order valence-corrected chi connectivity index (χ4v) is 8.14. The van der Waals surface area contributed by atoms with E-state index in [2.05, 4.69) is 9.88 Å². The van der Waals surface area contributed by atoms with Crippen LogP contribution >= 0.6 is 11.6 Å². The van der Waals surface area contributed by atoms with Crippen molar-refractivity contribution in [1.29, 1.82) is 0 Å². The van der Waals surface area contributed by atoms with E-state index in [1.54, 1.807) is 47.6 Å². The number of sulfonamides is 1. The first-order valence-electron chi connectivity index (χ1n) is 15.0. The van der Waals surface area contributed by atoms with Gasteiger partial charge in [-0.25, -0.2) is 13.4 Å². The monoisotopic (exact) mass is 640 g/mol. The van der Waals surface area contributed by atoms with Crippen LogP contribution in [-0.2, 0) is 19.6 Å². The number of aromatic nitrogens is 1. The van der Waals surface area contributed by atoms with Crippen molar-refractivity contribution in [3.8, 4) is 0 Å². The average molecular weight is 641 g/mol. The number of piperazine rings is 1. The van der Waals surface area contributed by atoms with E-state index in [0.717, 1.165) is 41.3 Å². The van der Waals surface area contributed by atoms with E-state index in [0.29, 0.717) is 36.3 Å². The van der Waals surface area contributed by atoms with Gasteiger partial charge in [-0.3, -0.25) is 19.6 Å². The Labute approximate surface area is 262 Å². The van der Waals surface area contributed by atoms with Crippen LogP contribution in [0.2, 0.25) is 5.02 Å². The summed E-state index contributed by atoms with van der Waals surface area (Å²) in [6.45, 7) is 1.72. The Morgan fingerprint density at radius 3 is 2.32 bits per heavy atom.